The lowest BCUT2D eigenvalue weighted by Crippen LogP contribution is -2.43. The van der Waals surface area contributed by atoms with Crippen molar-refractivity contribution in [3.05, 3.63) is 71.3 Å². The summed E-state index contributed by atoms with van der Waals surface area (Å²) in [6.07, 6.45) is 0.874. The highest BCUT2D eigenvalue weighted by Gasteiger charge is 2.49. The van der Waals surface area contributed by atoms with Gasteiger partial charge < -0.3 is 10.6 Å². The summed E-state index contributed by atoms with van der Waals surface area (Å²) in [4.78, 5) is 38.8. The number of benzene rings is 2. The van der Waals surface area contributed by atoms with Gasteiger partial charge in [0.05, 0.1) is 0 Å². The summed E-state index contributed by atoms with van der Waals surface area (Å²) in [6, 6.07) is 16.8. The highest BCUT2D eigenvalue weighted by atomic mass is 16.2. The van der Waals surface area contributed by atoms with Gasteiger partial charge in [0.2, 0.25) is 5.91 Å². The van der Waals surface area contributed by atoms with Gasteiger partial charge in [0.15, 0.2) is 0 Å². The van der Waals surface area contributed by atoms with Crippen molar-refractivity contribution in [3.8, 4) is 0 Å². The first-order valence-electron chi connectivity index (χ1n) is 9.88. The number of hydrogen-bond donors (Lipinski definition) is 2. The largest absolute Gasteiger partial charge is 0.354 e. The van der Waals surface area contributed by atoms with E-state index in [4.69, 9.17) is 0 Å². The van der Waals surface area contributed by atoms with E-state index in [1.165, 1.54) is 0 Å². The molecule has 1 aliphatic rings. The van der Waals surface area contributed by atoms with Crippen LogP contribution in [0.25, 0.3) is 0 Å². The van der Waals surface area contributed by atoms with Gasteiger partial charge in [-0.1, -0.05) is 67.1 Å². The standard InChI is InChI=1S/C23H27N3O3/c1-4-17(18-8-6-5-7-9-18)14-24-20(27)15-26-21(28)23(3,25-22(26)29)19-12-10-16(2)11-13-19/h5-13,17H,4,14-15H2,1-3H3,(H,24,27)(H,25,29). The second kappa shape index (κ2) is 8.47. The van der Waals surface area contributed by atoms with Gasteiger partial charge in [-0.05, 0) is 31.4 Å². The molecule has 2 aromatic carbocycles. The molecule has 6 heteroatoms. The normalized spacial score (nSPS) is 19.8. The summed E-state index contributed by atoms with van der Waals surface area (Å²) in [5.41, 5.74) is 1.74. The van der Waals surface area contributed by atoms with E-state index in [0.717, 1.165) is 22.4 Å². The second-order valence-corrected chi connectivity index (χ2v) is 7.63. The third-order valence-corrected chi connectivity index (χ3v) is 5.52. The monoisotopic (exact) mass is 393 g/mol. The van der Waals surface area contributed by atoms with Gasteiger partial charge in [-0.15, -0.1) is 0 Å². The van der Waals surface area contributed by atoms with E-state index in [2.05, 4.69) is 17.6 Å². The molecule has 1 fully saturated rings. The van der Waals surface area contributed by atoms with E-state index < -0.39 is 17.5 Å². The Balaban J connectivity index is 1.63. The number of rotatable bonds is 7. The number of nitrogens with zero attached hydrogens (tertiary/aromatic N) is 1. The SMILES string of the molecule is CCC(CNC(=O)CN1C(=O)NC(C)(c2ccc(C)cc2)C1=O)c1ccccc1. The molecule has 0 radical (unpaired) electrons. The molecule has 6 nitrogen and oxygen atoms in total. The van der Waals surface area contributed by atoms with Gasteiger partial charge in [0.25, 0.3) is 5.91 Å². The predicted octanol–water partition coefficient (Wildman–Crippen LogP) is 3.07. The quantitative estimate of drug-likeness (QED) is 0.710. The highest BCUT2D eigenvalue weighted by Crippen LogP contribution is 2.28. The summed E-state index contributed by atoms with van der Waals surface area (Å²) in [6.45, 7) is 5.85. The summed E-state index contributed by atoms with van der Waals surface area (Å²) >= 11 is 0. The van der Waals surface area contributed by atoms with E-state index in [-0.39, 0.29) is 18.4 Å². The number of carbonyl (C=O) groups excluding carboxylic acids is 3. The summed E-state index contributed by atoms with van der Waals surface area (Å²) < 4.78 is 0. The van der Waals surface area contributed by atoms with Crippen LogP contribution in [0.5, 0.6) is 0 Å². The van der Waals surface area contributed by atoms with Crippen LogP contribution in [0.4, 0.5) is 4.79 Å². The Labute approximate surface area is 171 Å². The molecule has 4 amide bonds. The molecule has 2 aromatic rings. The van der Waals surface area contributed by atoms with Crippen LogP contribution in [0.1, 0.15) is 42.9 Å². The van der Waals surface area contributed by atoms with E-state index in [0.29, 0.717) is 12.1 Å². The van der Waals surface area contributed by atoms with Crippen molar-refractivity contribution in [1.82, 2.24) is 15.5 Å². The van der Waals surface area contributed by atoms with E-state index in [1.54, 1.807) is 6.92 Å². The topological polar surface area (TPSA) is 78.5 Å². The maximum Gasteiger partial charge on any atom is 0.325 e. The first-order chi connectivity index (χ1) is 13.8. The van der Waals surface area contributed by atoms with Crippen LogP contribution in [-0.4, -0.2) is 35.8 Å². The third kappa shape index (κ3) is 4.31. The zero-order valence-electron chi connectivity index (χ0n) is 17.1. The zero-order chi connectivity index (χ0) is 21.0. The Bertz CT molecular complexity index is 895. The Hall–Kier alpha value is -3.15. The average Bonchev–Trinajstić information content (AvgIpc) is 2.93. The number of aryl methyl sites for hydroxylation is 1. The van der Waals surface area contributed by atoms with Crippen LogP contribution < -0.4 is 10.6 Å². The predicted molar refractivity (Wildman–Crippen MR) is 111 cm³/mol. The summed E-state index contributed by atoms with van der Waals surface area (Å²) in [5.74, 6) is -0.589. The van der Waals surface area contributed by atoms with Crippen molar-refractivity contribution >= 4 is 17.8 Å². The van der Waals surface area contributed by atoms with Crippen molar-refractivity contribution in [2.24, 2.45) is 0 Å². The van der Waals surface area contributed by atoms with Crippen molar-refractivity contribution in [2.45, 2.75) is 38.6 Å². The molecule has 0 bridgehead atoms. The molecule has 152 valence electrons. The van der Waals surface area contributed by atoms with Crippen LogP contribution >= 0.6 is 0 Å². The Morgan fingerprint density at radius 1 is 1.10 bits per heavy atom. The second-order valence-electron chi connectivity index (χ2n) is 7.63. The van der Waals surface area contributed by atoms with Gasteiger partial charge in [0, 0.05) is 12.5 Å². The van der Waals surface area contributed by atoms with E-state index >= 15 is 0 Å². The number of amides is 4. The van der Waals surface area contributed by atoms with E-state index in [1.807, 2.05) is 61.5 Å². The van der Waals surface area contributed by atoms with Crippen molar-refractivity contribution in [3.63, 3.8) is 0 Å². The lowest BCUT2D eigenvalue weighted by atomic mass is 9.91. The third-order valence-electron chi connectivity index (χ3n) is 5.52. The molecule has 1 aliphatic heterocycles. The fourth-order valence-electron chi connectivity index (χ4n) is 3.58. The molecule has 0 spiro atoms. The van der Waals surface area contributed by atoms with Crippen molar-refractivity contribution < 1.29 is 14.4 Å². The Morgan fingerprint density at radius 3 is 2.38 bits per heavy atom. The number of nitrogens with one attached hydrogen (secondary N) is 2. The number of hydrogen-bond acceptors (Lipinski definition) is 3. The van der Waals surface area contributed by atoms with Crippen molar-refractivity contribution in [1.29, 1.82) is 0 Å². The van der Waals surface area contributed by atoms with Crippen LogP contribution in [0.3, 0.4) is 0 Å². The summed E-state index contributed by atoms with van der Waals surface area (Å²) in [7, 11) is 0. The van der Waals surface area contributed by atoms with Crippen LogP contribution in [0.2, 0.25) is 0 Å². The minimum Gasteiger partial charge on any atom is -0.354 e. The van der Waals surface area contributed by atoms with E-state index in [9.17, 15) is 14.4 Å². The molecule has 0 aliphatic carbocycles. The molecule has 2 unspecified atom stereocenters. The lowest BCUT2D eigenvalue weighted by Gasteiger charge is -2.22. The molecule has 1 heterocycles. The molecular weight excluding hydrogens is 366 g/mol. The van der Waals surface area contributed by atoms with Gasteiger partial charge in [0.1, 0.15) is 12.1 Å². The molecule has 2 N–H and O–H groups in total. The van der Waals surface area contributed by atoms with Crippen LogP contribution in [0, 0.1) is 6.92 Å². The molecule has 2 atom stereocenters. The molecule has 0 saturated carbocycles. The Kier molecular flexibility index (Phi) is 6.01. The minimum absolute atomic E-state index is 0.182. The Morgan fingerprint density at radius 2 is 1.76 bits per heavy atom. The highest BCUT2D eigenvalue weighted by molar-refractivity contribution is 6.09. The fraction of sp³-hybridized carbons (Fsp3) is 0.348. The number of urea groups is 1. The van der Waals surface area contributed by atoms with Gasteiger partial charge in [-0.25, -0.2) is 4.79 Å². The van der Waals surface area contributed by atoms with Crippen LogP contribution in [-0.2, 0) is 15.1 Å². The number of carbonyl (C=O) groups is 3. The first-order valence-corrected chi connectivity index (χ1v) is 9.88. The minimum atomic E-state index is -1.17. The molecule has 1 saturated heterocycles. The molecule has 0 aromatic heterocycles. The van der Waals surface area contributed by atoms with Crippen molar-refractivity contribution in [2.75, 3.05) is 13.1 Å². The average molecular weight is 393 g/mol. The van der Waals surface area contributed by atoms with Gasteiger partial charge >= 0.3 is 6.03 Å². The maximum absolute atomic E-state index is 12.9. The van der Waals surface area contributed by atoms with Gasteiger partial charge in [-0.2, -0.15) is 0 Å². The van der Waals surface area contributed by atoms with Gasteiger partial charge in [-0.3, -0.25) is 14.5 Å². The van der Waals surface area contributed by atoms with Crippen LogP contribution in [0.15, 0.2) is 54.6 Å². The zero-order valence-corrected chi connectivity index (χ0v) is 17.1. The lowest BCUT2D eigenvalue weighted by molar-refractivity contribution is -0.134. The smallest absolute Gasteiger partial charge is 0.325 e. The molecule has 3 rings (SSSR count). The first kappa shape index (κ1) is 20.6. The molecular formula is C23H27N3O3. The maximum atomic E-state index is 12.9. The molecule has 29 heavy (non-hydrogen) atoms. The summed E-state index contributed by atoms with van der Waals surface area (Å²) in [5, 5.41) is 5.59. The number of imide groups is 1. The fourth-order valence-corrected chi connectivity index (χ4v) is 3.58.